The van der Waals surface area contributed by atoms with Gasteiger partial charge in [0.15, 0.2) is 11.6 Å². The van der Waals surface area contributed by atoms with Gasteiger partial charge in [0.1, 0.15) is 22.3 Å². The molecule has 6 aromatic rings. The number of fused-ring (bicyclic) bond motifs is 2. The van der Waals surface area contributed by atoms with Gasteiger partial charge >= 0.3 is 11.3 Å². The zero-order valence-corrected chi connectivity index (χ0v) is 27.2. The number of nitrogens with zero attached hydrogens (tertiary/aromatic N) is 2. The Morgan fingerprint density at radius 1 is 0.627 bits per heavy atom. The number of ketones is 2. The number of hydrogen-bond acceptors (Lipinski definition) is 12. The Hall–Kier alpha value is -6.96. The van der Waals surface area contributed by atoms with Crippen molar-refractivity contribution in [3.63, 3.8) is 0 Å². The molecular weight excluding hydrogens is 660 g/mol. The monoisotopic (exact) mass is 688 g/mol. The van der Waals surface area contributed by atoms with Crippen LogP contribution in [0.15, 0.2) is 103 Å². The van der Waals surface area contributed by atoms with E-state index in [0.717, 1.165) is 11.1 Å². The predicted molar refractivity (Wildman–Crippen MR) is 189 cm³/mol. The van der Waals surface area contributed by atoms with Gasteiger partial charge in [0.2, 0.25) is 0 Å². The number of non-ortho nitro benzene ring substituents is 2. The van der Waals surface area contributed by atoms with E-state index in [4.69, 9.17) is 8.83 Å². The van der Waals surface area contributed by atoms with Gasteiger partial charge in [0.05, 0.1) is 22.9 Å². The Morgan fingerprint density at radius 2 is 1.04 bits per heavy atom. The molecule has 4 aromatic carbocycles. The Kier molecular flexibility index (Phi) is 9.23. The number of nitro groups is 2. The molecule has 256 valence electrons. The summed E-state index contributed by atoms with van der Waals surface area (Å²) in [7, 11) is 0. The number of rotatable bonds is 12. The van der Waals surface area contributed by atoms with Crippen molar-refractivity contribution in [1.29, 1.82) is 0 Å². The smallest absolute Gasteiger partial charge is 0.347 e. The summed E-state index contributed by atoms with van der Waals surface area (Å²) >= 11 is 0. The lowest BCUT2D eigenvalue weighted by atomic mass is 9.96. The molecule has 2 heterocycles. The SMILES string of the molecule is Cc1c(C(=O)CNc2cccc([N+](=O)[O-])c2)c(=O)oc2ccc(Cc3ccc4oc(=O)c(C(=O)CNc5cccc([N+](=O)[O-])c5)c(C)c4c3)cc12. The van der Waals surface area contributed by atoms with Gasteiger partial charge in [-0.05, 0) is 78.9 Å². The van der Waals surface area contributed by atoms with Crippen LogP contribution in [-0.4, -0.2) is 34.5 Å². The average molecular weight is 689 g/mol. The molecule has 0 amide bonds. The molecule has 0 aliphatic heterocycles. The standard InChI is InChI=1S/C37H28N4O10/c1-20-28-14-22(9-11-32(28)50-36(44)34(20)30(42)18-38-24-5-3-7-26(16-24)40(46)47)13-23-10-12-33-29(15-23)21(2)35(37(45)51-33)31(43)19-39-25-6-4-8-27(17-25)41(48)49/h3-12,14-17,38-39H,13,18-19H2,1-2H3. The molecule has 2 N–H and O–H groups in total. The molecule has 0 aliphatic carbocycles. The van der Waals surface area contributed by atoms with Crippen LogP contribution in [-0.2, 0) is 6.42 Å². The predicted octanol–water partition coefficient (Wildman–Crippen LogP) is 6.51. The molecule has 0 unspecified atom stereocenters. The maximum absolute atomic E-state index is 13.2. The van der Waals surface area contributed by atoms with E-state index in [1.807, 2.05) is 12.1 Å². The number of nitro benzene ring substituents is 2. The summed E-state index contributed by atoms with van der Waals surface area (Å²) in [6.45, 7) is 2.72. The van der Waals surface area contributed by atoms with Crippen LogP contribution in [0.5, 0.6) is 0 Å². The lowest BCUT2D eigenvalue weighted by Crippen LogP contribution is -2.23. The van der Waals surface area contributed by atoms with Crippen LogP contribution in [0.1, 0.15) is 43.0 Å². The second kappa shape index (κ2) is 13.9. The zero-order valence-electron chi connectivity index (χ0n) is 27.2. The quantitative estimate of drug-likeness (QED) is 0.0611. The van der Waals surface area contributed by atoms with Gasteiger partial charge in [-0.3, -0.25) is 29.8 Å². The molecule has 6 rings (SSSR count). The van der Waals surface area contributed by atoms with Gasteiger partial charge in [0.25, 0.3) is 11.4 Å². The van der Waals surface area contributed by atoms with Crippen molar-refractivity contribution in [3.05, 3.63) is 159 Å². The fraction of sp³-hybridized carbons (Fsp3) is 0.135. The minimum Gasteiger partial charge on any atom is -0.422 e. The summed E-state index contributed by atoms with van der Waals surface area (Å²) in [5.41, 5.74) is 1.62. The van der Waals surface area contributed by atoms with Crippen molar-refractivity contribution < 1.29 is 28.3 Å². The largest absolute Gasteiger partial charge is 0.422 e. The molecule has 0 radical (unpaired) electrons. The van der Waals surface area contributed by atoms with E-state index < -0.39 is 32.7 Å². The molecule has 0 fully saturated rings. The summed E-state index contributed by atoms with van der Waals surface area (Å²) in [6, 6.07) is 21.8. The number of carbonyl (C=O) groups excluding carboxylic acids is 2. The molecule has 14 heteroatoms. The second-order valence-corrected chi connectivity index (χ2v) is 11.8. The highest BCUT2D eigenvalue weighted by atomic mass is 16.6. The maximum atomic E-state index is 13.2. The van der Waals surface area contributed by atoms with Crippen molar-refractivity contribution in [1.82, 2.24) is 0 Å². The molecule has 0 spiro atoms. The Morgan fingerprint density at radius 3 is 1.43 bits per heavy atom. The fourth-order valence-corrected chi connectivity index (χ4v) is 5.90. The molecular formula is C37H28N4O10. The van der Waals surface area contributed by atoms with E-state index in [1.54, 1.807) is 50.2 Å². The second-order valence-electron chi connectivity index (χ2n) is 11.8. The highest BCUT2D eigenvalue weighted by molar-refractivity contribution is 6.04. The van der Waals surface area contributed by atoms with Crippen molar-refractivity contribution in [2.24, 2.45) is 0 Å². The third-order valence-electron chi connectivity index (χ3n) is 8.45. The number of benzene rings is 4. The third-order valence-corrected chi connectivity index (χ3v) is 8.45. The van der Waals surface area contributed by atoms with E-state index >= 15 is 0 Å². The van der Waals surface area contributed by atoms with Crippen LogP contribution in [0.3, 0.4) is 0 Å². The first-order valence-corrected chi connectivity index (χ1v) is 15.6. The molecule has 0 bridgehead atoms. The van der Waals surface area contributed by atoms with Crippen LogP contribution in [0.4, 0.5) is 22.7 Å². The summed E-state index contributed by atoms with van der Waals surface area (Å²) in [4.78, 5) is 73.1. The lowest BCUT2D eigenvalue weighted by Gasteiger charge is -2.11. The Bertz CT molecular complexity index is 2360. The molecule has 0 saturated heterocycles. The van der Waals surface area contributed by atoms with Crippen LogP contribution < -0.4 is 21.9 Å². The van der Waals surface area contributed by atoms with Gasteiger partial charge in [0, 0.05) is 46.4 Å². The van der Waals surface area contributed by atoms with Crippen molar-refractivity contribution in [2.75, 3.05) is 23.7 Å². The van der Waals surface area contributed by atoms with Gasteiger partial charge in [-0.2, -0.15) is 0 Å². The van der Waals surface area contributed by atoms with Gasteiger partial charge in [-0.15, -0.1) is 0 Å². The van der Waals surface area contributed by atoms with Crippen LogP contribution in [0.25, 0.3) is 21.9 Å². The summed E-state index contributed by atoms with van der Waals surface area (Å²) in [5.74, 6) is -1.09. The Balaban J connectivity index is 1.24. The number of nitrogens with one attached hydrogen (secondary N) is 2. The lowest BCUT2D eigenvalue weighted by molar-refractivity contribution is -0.385. The van der Waals surface area contributed by atoms with Gasteiger partial charge < -0.3 is 19.5 Å². The van der Waals surface area contributed by atoms with Crippen LogP contribution >= 0.6 is 0 Å². The average Bonchev–Trinajstić information content (AvgIpc) is 3.10. The first-order valence-electron chi connectivity index (χ1n) is 15.6. The van der Waals surface area contributed by atoms with Crippen LogP contribution in [0.2, 0.25) is 0 Å². The summed E-state index contributed by atoms with van der Waals surface area (Å²) in [5, 5.41) is 28.9. The topological polar surface area (TPSA) is 205 Å². The highest BCUT2D eigenvalue weighted by Crippen LogP contribution is 2.26. The van der Waals surface area contributed by atoms with E-state index in [1.165, 1.54) is 36.4 Å². The Labute approximate surface area is 287 Å². The van der Waals surface area contributed by atoms with Crippen LogP contribution in [0, 0.1) is 34.1 Å². The summed E-state index contributed by atoms with van der Waals surface area (Å²) in [6.07, 6.45) is 0.401. The molecule has 0 atom stereocenters. The third kappa shape index (κ3) is 7.10. The number of anilines is 2. The zero-order chi connectivity index (χ0) is 36.4. The number of aryl methyl sites for hydroxylation is 2. The number of carbonyl (C=O) groups is 2. The summed E-state index contributed by atoms with van der Waals surface area (Å²) < 4.78 is 11.0. The molecule has 0 aliphatic rings. The first kappa shape index (κ1) is 33.9. The van der Waals surface area contributed by atoms with E-state index in [-0.39, 0.29) is 35.6 Å². The first-order chi connectivity index (χ1) is 24.4. The fourth-order valence-electron chi connectivity index (χ4n) is 5.90. The van der Waals surface area contributed by atoms with E-state index in [2.05, 4.69) is 10.6 Å². The normalized spacial score (nSPS) is 11.0. The van der Waals surface area contributed by atoms with Gasteiger partial charge in [-0.25, -0.2) is 9.59 Å². The minimum absolute atomic E-state index is 0.133. The molecule has 14 nitrogen and oxygen atoms in total. The van der Waals surface area contributed by atoms with Gasteiger partial charge in [-0.1, -0.05) is 24.3 Å². The van der Waals surface area contributed by atoms with Crippen molar-refractivity contribution in [3.8, 4) is 0 Å². The van der Waals surface area contributed by atoms with E-state index in [9.17, 15) is 39.4 Å². The molecule has 2 aromatic heterocycles. The maximum Gasteiger partial charge on any atom is 0.347 e. The number of Topliss-reactive ketones (excluding diaryl/α,β-unsaturated/α-hetero) is 2. The molecule has 51 heavy (non-hydrogen) atoms. The van der Waals surface area contributed by atoms with E-state index in [0.29, 0.717) is 50.9 Å². The minimum atomic E-state index is -0.796. The van der Waals surface area contributed by atoms with Crippen molar-refractivity contribution >= 4 is 56.3 Å². The van der Waals surface area contributed by atoms with Crippen molar-refractivity contribution in [2.45, 2.75) is 20.3 Å². The number of hydrogen-bond donors (Lipinski definition) is 2. The highest BCUT2D eigenvalue weighted by Gasteiger charge is 2.21. The molecule has 0 saturated carbocycles.